The third kappa shape index (κ3) is 3.15. The highest BCUT2D eigenvalue weighted by atomic mass is 16.5. The van der Waals surface area contributed by atoms with Crippen molar-refractivity contribution in [2.24, 2.45) is 0 Å². The van der Waals surface area contributed by atoms with Crippen LogP contribution in [0.2, 0.25) is 0 Å². The molecule has 0 aliphatic carbocycles. The normalized spacial score (nSPS) is 20.1. The Bertz CT molecular complexity index is 395. The van der Waals surface area contributed by atoms with Crippen molar-refractivity contribution in [3.63, 3.8) is 0 Å². The van der Waals surface area contributed by atoms with Crippen molar-refractivity contribution in [1.29, 1.82) is 0 Å². The highest BCUT2D eigenvalue weighted by molar-refractivity contribution is 5.51. The van der Waals surface area contributed by atoms with Gasteiger partial charge in [0.05, 0.1) is 13.2 Å². The molecule has 0 aromatic heterocycles. The van der Waals surface area contributed by atoms with Crippen molar-refractivity contribution in [3.05, 3.63) is 23.8 Å². The van der Waals surface area contributed by atoms with E-state index in [0.29, 0.717) is 12.6 Å². The molecule has 1 atom stereocenters. The van der Waals surface area contributed by atoms with Crippen molar-refractivity contribution < 1.29 is 9.84 Å². The van der Waals surface area contributed by atoms with Gasteiger partial charge < -0.3 is 20.1 Å². The van der Waals surface area contributed by atoms with Gasteiger partial charge in [-0.15, -0.1) is 0 Å². The zero-order valence-electron chi connectivity index (χ0n) is 11.1. The quantitative estimate of drug-likeness (QED) is 0.835. The van der Waals surface area contributed by atoms with Gasteiger partial charge in [0.1, 0.15) is 5.75 Å². The lowest BCUT2D eigenvalue weighted by Crippen LogP contribution is -2.23. The van der Waals surface area contributed by atoms with Crippen LogP contribution in [0.25, 0.3) is 0 Å². The summed E-state index contributed by atoms with van der Waals surface area (Å²) in [5.41, 5.74) is 1.90. The SMILES string of the molecule is CCOc1ccc(NC2CCN(C)C2)cc1CO. The number of ether oxygens (including phenoxy) is 1. The van der Waals surface area contributed by atoms with Gasteiger partial charge in [0, 0.05) is 23.8 Å². The fourth-order valence-corrected chi connectivity index (χ4v) is 2.38. The Kier molecular flexibility index (Phi) is 4.44. The highest BCUT2D eigenvalue weighted by Crippen LogP contribution is 2.24. The van der Waals surface area contributed by atoms with E-state index < -0.39 is 0 Å². The Labute approximate surface area is 109 Å². The number of nitrogens with one attached hydrogen (secondary N) is 1. The number of rotatable bonds is 5. The molecule has 4 nitrogen and oxygen atoms in total. The first kappa shape index (κ1) is 13.2. The summed E-state index contributed by atoms with van der Waals surface area (Å²) < 4.78 is 5.47. The number of hydrogen-bond acceptors (Lipinski definition) is 4. The van der Waals surface area contributed by atoms with Crippen LogP contribution in [-0.2, 0) is 6.61 Å². The van der Waals surface area contributed by atoms with E-state index >= 15 is 0 Å². The largest absolute Gasteiger partial charge is 0.494 e. The number of likely N-dealkylation sites (N-methyl/N-ethyl adjacent to an activating group) is 1. The van der Waals surface area contributed by atoms with Crippen LogP contribution >= 0.6 is 0 Å². The molecule has 2 rings (SSSR count). The monoisotopic (exact) mass is 250 g/mol. The maximum atomic E-state index is 9.36. The summed E-state index contributed by atoms with van der Waals surface area (Å²) in [6.07, 6.45) is 1.16. The zero-order chi connectivity index (χ0) is 13.0. The van der Waals surface area contributed by atoms with Gasteiger partial charge >= 0.3 is 0 Å². The molecule has 0 radical (unpaired) electrons. The maximum absolute atomic E-state index is 9.36. The van der Waals surface area contributed by atoms with Crippen LogP contribution in [0, 0.1) is 0 Å². The van der Waals surface area contributed by atoms with Crippen LogP contribution in [-0.4, -0.2) is 42.8 Å². The van der Waals surface area contributed by atoms with Gasteiger partial charge in [-0.05, 0) is 45.1 Å². The molecule has 1 aromatic carbocycles. The Hall–Kier alpha value is -1.26. The molecule has 0 bridgehead atoms. The molecule has 1 aliphatic heterocycles. The van der Waals surface area contributed by atoms with E-state index in [2.05, 4.69) is 17.3 Å². The average Bonchev–Trinajstić information content (AvgIpc) is 2.77. The lowest BCUT2D eigenvalue weighted by Gasteiger charge is -2.16. The lowest BCUT2D eigenvalue weighted by molar-refractivity contribution is 0.267. The number of hydrogen-bond donors (Lipinski definition) is 2. The minimum atomic E-state index is 0.00935. The summed E-state index contributed by atoms with van der Waals surface area (Å²) in [6.45, 7) is 4.79. The van der Waals surface area contributed by atoms with Crippen molar-refractivity contribution >= 4 is 5.69 Å². The zero-order valence-corrected chi connectivity index (χ0v) is 11.1. The topological polar surface area (TPSA) is 44.7 Å². The van der Waals surface area contributed by atoms with Gasteiger partial charge in [-0.2, -0.15) is 0 Å². The van der Waals surface area contributed by atoms with Gasteiger partial charge in [-0.3, -0.25) is 0 Å². The van der Waals surface area contributed by atoms with Crippen LogP contribution < -0.4 is 10.1 Å². The molecule has 1 fully saturated rings. The van der Waals surface area contributed by atoms with E-state index in [4.69, 9.17) is 4.74 Å². The predicted octanol–water partition coefficient (Wildman–Crippen LogP) is 1.69. The standard InChI is InChI=1S/C14H22N2O2/c1-3-18-14-5-4-12(8-11(14)10-17)15-13-6-7-16(2)9-13/h4-5,8,13,15,17H,3,6-7,9-10H2,1-2H3. The van der Waals surface area contributed by atoms with E-state index in [1.165, 1.54) is 0 Å². The van der Waals surface area contributed by atoms with E-state index in [0.717, 1.165) is 36.5 Å². The number of likely N-dealkylation sites (tertiary alicyclic amines) is 1. The second-order valence-corrected chi connectivity index (χ2v) is 4.81. The molecule has 1 unspecified atom stereocenters. The van der Waals surface area contributed by atoms with Gasteiger partial charge in [0.25, 0.3) is 0 Å². The molecule has 0 amide bonds. The van der Waals surface area contributed by atoms with Crippen LogP contribution in [0.1, 0.15) is 18.9 Å². The van der Waals surface area contributed by atoms with E-state index in [9.17, 15) is 5.11 Å². The van der Waals surface area contributed by atoms with Crippen LogP contribution in [0.4, 0.5) is 5.69 Å². The summed E-state index contributed by atoms with van der Waals surface area (Å²) >= 11 is 0. The molecule has 1 aromatic rings. The first-order chi connectivity index (χ1) is 8.72. The molecule has 2 N–H and O–H groups in total. The molecule has 18 heavy (non-hydrogen) atoms. The minimum absolute atomic E-state index is 0.00935. The third-order valence-corrected chi connectivity index (χ3v) is 3.29. The first-order valence-electron chi connectivity index (χ1n) is 6.54. The number of aliphatic hydroxyl groups is 1. The number of anilines is 1. The molecule has 0 saturated carbocycles. The summed E-state index contributed by atoms with van der Waals surface area (Å²) in [5.74, 6) is 0.772. The fraction of sp³-hybridized carbons (Fsp3) is 0.571. The van der Waals surface area contributed by atoms with E-state index in [1.54, 1.807) is 0 Å². The molecule has 100 valence electrons. The van der Waals surface area contributed by atoms with E-state index in [-0.39, 0.29) is 6.61 Å². The van der Waals surface area contributed by atoms with Crippen molar-refractivity contribution in [2.45, 2.75) is 26.0 Å². The third-order valence-electron chi connectivity index (χ3n) is 3.29. The van der Waals surface area contributed by atoms with Gasteiger partial charge in [0.2, 0.25) is 0 Å². The second-order valence-electron chi connectivity index (χ2n) is 4.81. The maximum Gasteiger partial charge on any atom is 0.124 e. The Morgan fingerprint density at radius 1 is 1.50 bits per heavy atom. The smallest absolute Gasteiger partial charge is 0.124 e. The minimum Gasteiger partial charge on any atom is -0.494 e. The van der Waals surface area contributed by atoms with Crippen LogP contribution in [0.15, 0.2) is 18.2 Å². The van der Waals surface area contributed by atoms with Gasteiger partial charge in [-0.1, -0.05) is 0 Å². The molecule has 1 heterocycles. The Morgan fingerprint density at radius 2 is 2.33 bits per heavy atom. The van der Waals surface area contributed by atoms with Crippen molar-refractivity contribution in [2.75, 3.05) is 32.1 Å². The average molecular weight is 250 g/mol. The summed E-state index contributed by atoms with van der Waals surface area (Å²) in [4.78, 5) is 2.32. The molecular weight excluding hydrogens is 228 g/mol. The Morgan fingerprint density at radius 3 is 2.94 bits per heavy atom. The summed E-state index contributed by atoms with van der Waals surface area (Å²) in [7, 11) is 2.14. The lowest BCUT2D eigenvalue weighted by atomic mass is 10.1. The molecule has 0 spiro atoms. The highest BCUT2D eigenvalue weighted by Gasteiger charge is 2.19. The van der Waals surface area contributed by atoms with Crippen LogP contribution in [0.3, 0.4) is 0 Å². The first-order valence-corrected chi connectivity index (χ1v) is 6.54. The Balaban J connectivity index is 2.05. The van der Waals surface area contributed by atoms with Crippen molar-refractivity contribution in [3.8, 4) is 5.75 Å². The predicted molar refractivity (Wildman–Crippen MR) is 73.1 cm³/mol. The molecule has 1 aliphatic rings. The van der Waals surface area contributed by atoms with E-state index in [1.807, 2.05) is 25.1 Å². The summed E-state index contributed by atoms with van der Waals surface area (Å²) in [5, 5.41) is 12.9. The second kappa shape index (κ2) is 6.07. The summed E-state index contributed by atoms with van der Waals surface area (Å²) in [6, 6.07) is 6.42. The molecular formula is C14H22N2O2. The number of benzene rings is 1. The fourth-order valence-electron chi connectivity index (χ4n) is 2.38. The van der Waals surface area contributed by atoms with Crippen LogP contribution in [0.5, 0.6) is 5.75 Å². The van der Waals surface area contributed by atoms with Crippen molar-refractivity contribution in [1.82, 2.24) is 4.90 Å². The molecule has 4 heteroatoms. The number of aliphatic hydroxyl groups excluding tert-OH is 1. The van der Waals surface area contributed by atoms with Gasteiger partial charge in [0.15, 0.2) is 0 Å². The molecule has 1 saturated heterocycles. The van der Waals surface area contributed by atoms with Gasteiger partial charge in [-0.25, -0.2) is 0 Å². The number of nitrogens with zero attached hydrogens (tertiary/aromatic N) is 1.